The Morgan fingerprint density at radius 1 is 0.364 bits per heavy atom. The number of rotatable bonds is 7. The molecule has 2 aromatic heterocycles. The van der Waals surface area contributed by atoms with Crippen molar-refractivity contribution in [2.24, 2.45) is 0 Å². The van der Waals surface area contributed by atoms with E-state index in [0.29, 0.717) is 23.2 Å². The fourth-order valence-electron chi connectivity index (χ4n) is 5.43. The van der Waals surface area contributed by atoms with E-state index >= 15 is 0 Å². The molecule has 0 radical (unpaired) electrons. The number of nitrogens with zero attached hydrogens (tertiary/aromatic N) is 4. The average Bonchev–Trinajstić information content (AvgIpc) is 3.70. The van der Waals surface area contributed by atoms with Gasteiger partial charge in [0.1, 0.15) is 11.0 Å². The van der Waals surface area contributed by atoms with Gasteiger partial charge < -0.3 is 8.83 Å². The van der Waals surface area contributed by atoms with Crippen LogP contribution in [0.3, 0.4) is 0 Å². The lowest BCUT2D eigenvalue weighted by molar-refractivity contribution is 0.608. The van der Waals surface area contributed by atoms with Crippen molar-refractivity contribution >= 4 is 57.0 Å². The van der Waals surface area contributed by atoms with Gasteiger partial charge in [-0.15, -0.1) is 0 Å². The highest BCUT2D eigenvalue weighted by molar-refractivity contribution is 5.88. The van der Waals surface area contributed by atoms with E-state index < -0.39 is 0 Å². The minimum Gasteiger partial charge on any atom is -0.423 e. The smallest absolute Gasteiger partial charge is 0.307 e. The number of fused-ring (bicyclic) bond motifs is 2. The topological polar surface area (TPSA) is 58.5 Å². The summed E-state index contributed by atoms with van der Waals surface area (Å²) in [5, 5.41) is 0. The zero-order chi connectivity index (χ0) is 29.3. The molecule has 0 amide bonds. The van der Waals surface area contributed by atoms with Gasteiger partial charge in [0.25, 0.3) is 0 Å². The van der Waals surface area contributed by atoms with E-state index in [0.717, 1.165) is 44.9 Å². The number of aromatic nitrogens is 2. The van der Waals surface area contributed by atoms with E-state index in [1.54, 1.807) is 0 Å². The summed E-state index contributed by atoms with van der Waals surface area (Å²) in [4.78, 5) is 13.9. The first kappa shape index (κ1) is 25.6. The van der Waals surface area contributed by atoms with Gasteiger partial charge in [0, 0.05) is 0 Å². The molecule has 0 aliphatic heterocycles. The molecule has 8 rings (SSSR count). The number of para-hydroxylation sites is 4. The lowest BCUT2D eigenvalue weighted by Gasteiger charge is -2.20. The summed E-state index contributed by atoms with van der Waals surface area (Å²) in [5.74, 6) is 0. The highest BCUT2D eigenvalue weighted by atomic mass is 16.4. The number of hydrogen-bond acceptors (Lipinski definition) is 6. The second-order valence-corrected chi connectivity index (χ2v) is 10.4. The Kier molecular flexibility index (Phi) is 6.35. The van der Waals surface area contributed by atoms with Crippen LogP contribution in [-0.2, 0) is 0 Å². The minimum atomic E-state index is 0.507. The molecule has 0 aliphatic rings. The van der Waals surface area contributed by atoms with Crippen LogP contribution < -0.4 is 9.80 Å². The van der Waals surface area contributed by atoms with Gasteiger partial charge in [0.05, 0.1) is 22.7 Å². The van der Waals surface area contributed by atoms with Crippen LogP contribution in [0.15, 0.2) is 167 Å². The highest BCUT2D eigenvalue weighted by Crippen LogP contribution is 2.38. The maximum atomic E-state index is 6.30. The van der Waals surface area contributed by atoms with E-state index in [9.17, 15) is 0 Å². The van der Waals surface area contributed by atoms with Crippen molar-refractivity contribution in [3.63, 3.8) is 0 Å². The van der Waals surface area contributed by atoms with Crippen molar-refractivity contribution in [3.8, 4) is 11.1 Å². The normalized spacial score (nSPS) is 11.2. The monoisotopic (exact) mass is 570 g/mol. The zero-order valence-corrected chi connectivity index (χ0v) is 23.6. The standard InChI is InChI=1S/C38H26N4O2/c1-5-13-29(14-6-1)41(30-15-7-2-8-16-30)37-39-33-25-27(21-23-35(33)43-37)28-22-24-36-34(26-28)40-38(44-36)42(31-17-9-3-10-18-31)32-19-11-4-12-20-32/h1-26H. The third-order valence-corrected chi connectivity index (χ3v) is 7.53. The zero-order valence-electron chi connectivity index (χ0n) is 23.6. The van der Waals surface area contributed by atoms with Crippen molar-refractivity contribution < 1.29 is 8.83 Å². The quantitative estimate of drug-likeness (QED) is 0.190. The predicted octanol–water partition coefficient (Wildman–Crippen LogP) is 10.6. The first-order chi connectivity index (χ1) is 21.8. The maximum Gasteiger partial charge on any atom is 0.307 e. The van der Waals surface area contributed by atoms with Crippen LogP contribution in [0.25, 0.3) is 33.3 Å². The Morgan fingerprint density at radius 3 is 1.00 bits per heavy atom. The highest BCUT2D eigenvalue weighted by Gasteiger charge is 2.20. The van der Waals surface area contributed by atoms with Gasteiger partial charge in [-0.2, -0.15) is 9.97 Å². The molecule has 0 unspecified atom stereocenters. The van der Waals surface area contributed by atoms with Gasteiger partial charge in [-0.25, -0.2) is 0 Å². The third kappa shape index (κ3) is 4.74. The molecule has 2 heterocycles. The van der Waals surface area contributed by atoms with Gasteiger partial charge in [0.15, 0.2) is 11.2 Å². The summed E-state index contributed by atoms with van der Waals surface area (Å²) in [5.41, 5.74) is 8.88. The Bertz CT molecular complexity index is 1940. The van der Waals surface area contributed by atoms with Crippen LogP contribution in [0.5, 0.6) is 0 Å². The van der Waals surface area contributed by atoms with E-state index in [1.807, 2.05) is 143 Å². The maximum absolute atomic E-state index is 6.30. The Balaban J connectivity index is 1.17. The number of oxazole rings is 2. The molecule has 0 fully saturated rings. The summed E-state index contributed by atoms with van der Waals surface area (Å²) in [6.07, 6.45) is 0. The minimum absolute atomic E-state index is 0.507. The van der Waals surface area contributed by atoms with Crippen LogP contribution in [0, 0.1) is 0 Å². The molecule has 6 aromatic carbocycles. The molecule has 8 aromatic rings. The van der Waals surface area contributed by atoms with Gasteiger partial charge >= 0.3 is 12.0 Å². The molecule has 44 heavy (non-hydrogen) atoms. The van der Waals surface area contributed by atoms with Gasteiger partial charge in [0.2, 0.25) is 0 Å². The second-order valence-electron chi connectivity index (χ2n) is 10.4. The van der Waals surface area contributed by atoms with Crippen LogP contribution in [-0.4, -0.2) is 9.97 Å². The summed E-state index contributed by atoms with van der Waals surface area (Å²) >= 11 is 0. The first-order valence-corrected chi connectivity index (χ1v) is 14.4. The summed E-state index contributed by atoms with van der Waals surface area (Å²) in [7, 11) is 0. The Labute approximate surface area is 254 Å². The predicted molar refractivity (Wildman–Crippen MR) is 176 cm³/mol. The summed E-state index contributed by atoms with van der Waals surface area (Å²) < 4.78 is 12.6. The molecule has 0 atom stereocenters. The molecule has 0 aliphatic carbocycles. The summed E-state index contributed by atoms with van der Waals surface area (Å²) in [6, 6.07) is 53.6. The molecule has 0 bridgehead atoms. The lowest BCUT2D eigenvalue weighted by Crippen LogP contribution is -2.09. The van der Waals surface area contributed by atoms with Crippen molar-refractivity contribution in [1.82, 2.24) is 9.97 Å². The van der Waals surface area contributed by atoms with E-state index in [1.165, 1.54) is 0 Å². The molecule has 0 saturated heterocycles. The summed E-state index contributed by atoms with van der Waals surface area (Å²) in [6.45, 7) is 0. The van der Waals surface area contributed by atoms with Crippen LogP contribution in [0.2, 0.25) is 0 Å². The average molecular weight is 571 g/mol. The number of anilines is 6. The van der Waals surface area contributed by atoms with E-state index in [-0.39, 0.29) is 0 Å². The number of benzene rings is 6. The molecule has 210 valence electrons. The molecular formula is C38H26N4O2. The lowest BCUT2D eigenvalue weighted by atomic mass is 10.0. The van der Waals surface area contributed by atoms with Crippen molar-refractivity contribution in [2.45, 2.75) is 0 Å². The molecular weight excluding hydrogens is 544 g/mol. The second kappa shape index (κ2) is 10.9. The van der Waals surface area contributed by atoms with Crippen molar-refractivity contribution in [3.05, 3.63) is 158 Å². The first-order valence-electron chi connectivity index (χ1n) is 14.4. The molecule has 6 heteroatoms. The fourth-order valence-corrected chi connectivity index (χ4v) is 5.43. The van der Waals surface area contributed by atoms with Gasteiger partial charge in [-0.3, -0.25) is 9.80 Å². The van der Waals surface area contributed by atoms with Crippen LogP contribution in [0.1, 0.15) is 0 Å². The Morgan fingerprint density at radius 2 is 0.682 bits per heavy atom. The van der Waals surface area contributed by atoms with Crippen molar-refractivity contribution in [1.29, 1.82) is 0 Å². The van der Waals surface area contributed by atoms with Crippen LogP contribution in [0.4, 0.5) is 34.8 Å². The third-order valence-electron chi connectivity index (χ3n) is 7.53. The SMILES string of the molecule is c1ccc(N(c2ccccc2)c2nc3cc(-c4ccc5oc(N(c6ccccc6)c6ccccc6)nc5c4)ccc3o2)cc1. The molecule has 0 N–H and O–H groups in total. The largest absolute Gasteiger partial charge is 0.423 e. The number of hydrogen-bond donors (Lipinski definition) is 0. The molecule has 0 saturated carbocycles. The Hall–Kier alpha value is -6.14. The van der Waals surface area contributed by atoms with E-state index in [2.05, 4.69) is 24.3 Å². The molecule has 0 spiro atoms. The van der Waals surface area contributed by atoms with Crippen LogP contribution >= 0.6 is 0 Å². The fraction of sp³-hybridized carbons (Fsp3) is 0. The van der Waals surface area contributed by atoms with E-state index in [4.69, 9.17) is 18.8 Å². The molecule has 6 nitrogen and oxygen atoms in total. The van der Waals surface area contributed by atoms with Gasteiger partial charge in [-0.05, 0) is 83.9 Å². The van der Waals surface area contributed by atoms with Gasteiger partial charge in [-0.1, -0.05) is 84.9 Å². The van der Waals surface area contributed by atoms with Crippen molar-refractivity contribution in [2.75, 3.05) is 9.80 Å².